The van der Waals surface area contributed by atoms with Crippen LogP contribution < -0.4 is 0 Å². The highest BCUT2D eigenvalue weighted by molar-refractivity contribution is 5.95. The van der Waals surface area contributed by atoms with Gasteiger partial charge in [-0.1, -0.05) is 0 Å². The Balaban J connectivity index is 1.95. The maximum absolute atomic E-state index is 13.3. The zero-order chi connectivity index (χ0) is 34.3. The number of cyclic esters (lactones) is 5. The van der Waals surface area contributed by atoms with Crippen molar-refractivity contribution in [3.63, 3.8) is 0 Å². The number of hydrogen-bond donors (Lipinski definition) is 4. The molecule has 2 aromatic rings. The van der Waals surface area contributed by atoms with Crippen LogP contribution >= 0.6 is 0 Å². The second-order valence-electron chi connectivity index (χ2n) is 11.4. The van der Waals surface area contributed by atoms with Crippen LogP contribution in [0.2, 0.25) is 0 Å². The Labute approximate surface area is 264 Å². The molecule has 250 valence electrons. The molecule has 0 saturated carbocycles. The van der Waals surface area contributed by atoms with E-state index in [1.807, 2.05) is 0 Å². The zero-order valence-electron chi connectivity index (χ0n) is 26.1. The van der Waals surface area contributed by atoms with Gasteiger partial charge in [-0.2, -0.15) is 0 Å². The number of carbonyl (C=O) groups excluding carboxylic acids is 5. The number of esters is 5. The Morgan fingerprint density at radius 1 is 0.457 bits per heavy atom. The van der Waals surface area contributed by atoms with Gasteiger partial charge in [0.1, 0.15) is 64.6 Å². The van der Waals surface area contributed by atoms with E-state index in [0.717, 1.165) is 12.1 Å². The van der Waals surface area contributed by atoms with Crippen molar-refractivity contribution in [3.05, 3.63) is 46.5 Å². The Bertz CT molecular complexity index is 1480. The van der Waals surface area contributed by atoms with E-state index in [4.69, 9.17) is 23.7 Å². The van der Waals surface area contributed by atoms with Gasteiger partial charge in [-0.15, -0.1) is 0 Å². The van der Waals surface area contributed by atoms with Crippen LogP contribution in [0, 0.1) is 0 Å². The lowest BCUT2D eigenvalue weighted by molar-refractivity contribution is -0.159. The molecule has 1 aliphatic heterocycles. The van der Waals surface area contributed by atoms with Gasteiger partial charge in [0, 0.05) is 25.0 Å². The summed E-state index contributed by atoms with van der Waals surface area (Å²) in [5.41, 5.74) is -0.508. The van der Waals surface area contributed by atoms with Gasteiger partial charge in [0.15, 0.2) is 0 Å². The first-order chi connectivity index (χ1) is 21.5. The smallest absolute Gasteiger partial charge is 0.342 e. The van der Waals surface area contributed by atoms with Crippen LogP contribution in [0.15, 0.2) is 24.3 Å². The summed E-state index contributed by atoms with van der Waals surface area (Å²) in [4.78, 5) is 63.7. The lowest BCUT2D eigenvalue weighted by Gasteiger charge is -2.21. The molecular weight excluding hydrogens is 608 g/mol. The third-order valence-corrected chi connectivity index (χ3v) is 6.77. The maximum Gasteiger partial charge on any atom is 0.342 e. The fourth-order valence-corrected chi connectivity index (χ4v) is 4.96. The van der Waals surface area contributed by atoms with Crippen molar-refractivity contribution in [2.45, 2.75) is 97.2 Å². The van der Waals surface area contributed by atoms with Crippen molar-refractivity contribution in [1.82, 2.24) is 0 Å². The Morgan fingerprint density at radius 3 is 1.09 bits per heavy atom. The normalized spacial score (nSPS) is 24.5. The molecule has 0 saturated heterocycles. The summed E-state index contributed by atoms with van der Waals surface area (Å²) in [5, 5.41) is 41.2. The molecule has 5 atom stereocenters. The Morgan fingerprint density at radius 2 is 0.739 bits per heavy atom. The summed E-state index contributed by atoms with van der Waals surface area (Å²) < 4.78 is 26.7. The molecule has 0 aromatic heterocycles. The first-order valence-corrected chi connectivity index (χ1v) is 14.6. The number of phenolic OH excluding ortho intramolecular Hbond substituents is 4. The van der Waals surface area contributed by atoms with Crippen LogP contribution in [0.3, 0.4) is 0 Å². The summed E-state index contributed by atoms with van der Waals surface area (Å²) in [5.74, 6) is -6.28. The molecule has 3 rings (SSSR count). The molecular formula is C32H38O14. The SMILES string of the molecule is C[C@@H]1CC(=O)O[C@@H](C)CC(=O)O[C@H](C)Cc2cc(O)cc(O)c2C(=O)O[C@@H](C)Cc2cc(O)cc(O)c2C(=O)O[C@@H](C)CC(=O)O1. The fourth-order valence-electron chi connectivity index (χ4n) is 4.96. The molecule has 0 amide bonds. The number of fused-ring (bicyclic) bond motifs is 2. The third-order valence-electron chi connectivity index (χ3n) is 6.77. The van der Waals surface area contributed by atoms with Crippen LogP contribution in [-0.2, 0) is 50.9 Å². The minimum Gasteiger partial charge on any atom is -0.508 e. The summed E-state index contributed by atoms with van der Waals surface area (Å²) in [6.45, 7) is 7.33. The minimum absolute atomic E-state index is 0.0454. The summed E-state index contributed by atoms with van der Waals surface area (Å²) in [7, 11) is 0. The zero-order valence-corrected chi connectivity index (χ0v) is 26.1. The fraction of sp³-hybridized carbons (Fsp3) is 0.469. The molecule has 0 radical (unpaired) electrons. The lowest BCUT2D eigenvalue weighted by Crippen LogP contribution is -2.27. The topological polar surface area (TPSA) is 212 Å². The standard InChI is InChI=1S/C32H38O14/c1-15-6-20-11-22(33)13-24(35)29(20)31(40)45-16(2)7-21-12-23(34)14-25(36)30(21)32(41)46-19(5)10-28(39)44-18(4)9-27(38)43-17(3)8-26(37)42-15/h11-19,33-36H,6-10H2,1-5H3/t15-,16+,17+,18-,19+/m1/s1. The lowest BCUT2D eigenvalue weighted by atomic mass is 9.99. The third kappa shape index (κ3) is 10.0. The highest BCUT2D eigenvalue weighted by atomic mass is 16.6. The van der Waals surface area contributed by atoms with Crippen molar-refractivity contribution >= 4 is 29.8 Å². The van der Waals surface area contributed by atoms with Crippen molar-refractivity contribution in [1.29, 1.82) is 0 Å². The number of benzene rings is 2. The molecule has 14 heteroatoms. The Kier molecular flexibility index (Phi) is 11.8. The van der Waals surface area contributed by atoms with Crippen molar-refractivity contribution in [2.24, 2.45) is 0 Å². The van der Waals surface area contributed by atoms with E-state index in [1.54, 1.807) is 0 Å². The van der Waals surface area contributed by atoms with Gasteiger partial charge in [0.2, 0.25) is 0 Å². The molecule has 0 spiro atoms. The molecule has 14 nitrogen and oxygen atoms in total. The van der Waals surface area contributed by atoms with E-state index in [-0.39, 0.29) is 53.7 Å². The minimum atomic E-state index is -1.04. The molecule has 46 heavy (non-hydrogen) atoms. The first kappa shape index (κ1) is 35.5. The number of rotatable bonds is 0. The van der Waals surface area contributed by atoms with Crippen molar-refractivity contribution < 1.29 is 68.1 Å². The molecule has 1 heterocycles. The second kappa shape index (κ2) is 15.3. The average Bonchev–Trinajstić information content (AvgIpc) is 2.86. The van der Waals surface area contributed by atoms with Gasteiger partial charge in [0.25, 0.3) is 0 Å². The van der Waals surface area contributed by atoms with E-state index < -0.39 is 84.0 Å². The number of carbonyl (C=O) groups is 5. The molecule has 0 unspecified atom stereocenters. The Hall–Kier alpha value is -5.01. The quantitative estimate of drug-likeness (QED) is 0.239. The highest BCUT2D eigenvalue weighted by Crippen LogP contribution is 2.32. The first-order valence-electron chi connectivity index (χ1n) is 14.6. The van der Waals surface area contributed by atoms with E-state index in [9.17, 15) is 44.4 Å². The summed E-state index contributed by atoms with van der Waals surface area (Å²) in [6, 6.07) is 4.23. The highest BCUT2D eigenvalue weighted by Gasteiger charge is 2.28. The van der Waals surface area contributed by atoms with Crippen LogP contribution in [0.1, 0.15) is 85.7 Å². The molecule has 1 aliphatic rings. The predicted octanol–water partition coefficient (Wildman–Crippen LogP) is 3.36. The molecule has 4 N–H and O–H groups in total. The van der Waals surface area contributed by atoms with Gasteiger partial charge >= 0.3 is 29.8 Å². The number of hydrogen-bond acceptors (Lipinski definition) is 14. The van der Waals surface area contributed by atoms with Gasteiger partial charge in [-0.3, -0.25) is 14.4 Å². The van der Waals surface area contributed by atoms with Crippen molar-refractivity contribution in [2.75, 3.05) is 0 Å². The number of ether oxygens (including phenoxy) is 5. The van der Waals surface area contributed by atoms with E-state index in [0.29, 0.717) is 0 Å². The van der Waals surface area contributed by atoms with Crippen LogP contribution in [0.25, 0.3) is 0 Å². The van der Waals surface area contributed by atoms with Crippen LogP contribution in [-0.4, -0.2) is 80.8 Å². The van der Waals surface area contributed by atoms with E-state index in [2.05, 4.69) is 0 Å². The molecule has 0 aliphatic carbocycles. The van der Waals surface area contributed by atoms with E-state index >= 15 is 0 Å². The molecule has 2 aromatic carbocycles. The number of phenols is 4. The van der Waals surface area contributed by atoms with Gasteiger partial charge in [0.05, 0.1) is 19.3 Å². The summed E-state index contributed by atoms with van der Waals surface area (Å²) >= 11 is 0. The van der Waals surface area contributed by atoms with Crippen molar-refractivity contribution in [3.8, 4) is 23.0 Å². The number of aromatic hydroxyl groups is 4. The largest absolute Gasteiger partial charge is 0.508 e. The van der Waals surface area contributed by atoms with Gasteiger partial charge in [-0.25, -0.2) is 9.59 Å². The van der Waals surface area contributed by atoms with Crippen LogP contribution in [0.5, 0.6) is 23.0 Å². The van der Waals surface area contributed by atoms with E-state index in [1.165, 1.54) is 46.8 Å². The molecule has 0 fully saturated rings. The average molecular weight is 647 g/mol. The molecule has 0 bridgehead atoms. The predicted molar refractivity (Wildman–Crippen MR) is 157 cm³/mol. The van der Waals surface area contributed by atoms with Crippen LogP contribution in [0.4, 0.5) is 0 Å². The second-order valence-corrected chi connectivity index (χ2v) is 11.4. The summed E-state index contributed by atoms with van der Waals surface area (Å²) in [6.07, 6.45) is -6.05. The van der Waals surface area contributed by atoms with Gasteiger partial charge in [-0.05, 0) is 57.9 Å². The van der Waals surface area contributed by atoms with Gasteiger partial charge < -0.3 is 44.1 Å². The maximum atomic E-state index is 13.3. The monoisotopic (exact) mass is 646 g/mol.